The third kappa shape index (κ3) is 4.86. The van der Waals surface area contributed by atoms with E-state index in [-0.39, 0.29) is 12.5 Å². The molecule has 5 heteroatoms. The summed E-state index contributed by atoms with van der Waals surface area (Å²) in [5.74, 6) is -0.916. The van der Waals surface area contributed by atoms with E-state index in [1.807, 2.05) is 18.2 Å². The summed E-state index contributed by atoms with van der Waals surface area (Å²) < 4.78 is 0. The Hall–Kier alpha value is -1.88. The van der Waals surface area contributed by atoms with Crippen molar-refractivity contribution in [1.82, 2.24) is 10.2 Å². The number of carbonyl (C=O) groups is 2. The van der Waals surface area contributed by atoms with E-state index in [1.54, 1.807) is 4.90 Å². The molecule has 0 bridgehead atoms. The second-order valence-corrected chi connectivity index (χ2v) is 5.41. The van der Waals surface area contributed by atoms with Gasteiger partial charge in [0.15, 0.2) is 0 Å². The molecule has 1 aliphatic heterocycles. The van der Waals surface area contributed by atoms with E-state index < -0.39 is 12.0 Å². The molecule has 1 saturated heterocycles. The molecule has 1 atom stereocenters. The van der Waals surface area contributed by atoms with E-state index in [4.69, 9.17) is 5.11 Å². The average Bonchev–Trinajstić information content (AvgIpc) is 2.93. The summed E-state index contributed by atoms with van der Waals surface area (Å²) in [7, 11) is 0. The molecule has 1 aromatic rings. The molecule has 0 aromatic heterocycles. The van der Waals surface area contributed by atoms with Crippen LogP contribution in [0.2, 0.25) is 0 Å². The molecule has 1 heterocycles. The SMILES string of the molecule is O=C(CN1CCC[C@H]1C(=O)O)NCCCc1ccccc1. The number of benzene rings is 1. The van der Waals surface area contributed by atoms with E-state index in [0.29, 0.717) is 19.5 Å². The van der Waals surface area contributed by atoms with Crippen molar-refractivity contribution in [2.45, 2.75) is 31.7 Å². The molecule has 0 aliphatic carbocycles. The molecule has 0 saturated carbocycles. The fourth-order valence-corrected chi connectivity index (χ4v) is 2.70. The summed E-state index contributed by atoms with van der Waals surface area (Å²) in [4.78, 5) is 24.6. The van der Waals surface area contributed by atoms with E-state index in [2.05, 4.69) is 17.4 Å². The Kier molecular flexibility index (Phi) is 5.75. The number of rotatable bonds is 7. The highest BCUT2D eigenvalue weighted by Gasteiger charge is 2.31. The van der Waals surface area contributed by atoms with Gasteiger partial charge in [0.25, 0.3) is 0 Å². The summed E-state index contributed by atoms with van der Waals surface area (Å²) in [5, 5.41) is 11.9. The van der Waals surface area contributed by atoms with Gasteiger partial charge in [-0.3, -0.25) is 14.5 Å². The number of aliphatic carboxylic acids is 1. The van der Waals surface area contributed by atoms with Gasteiger partial charge in [-0.05, 0) is 37.8 Å². The molecule has 1 amide bonds. The van der Waals surface area contributed by atoms with Crippen LogP contribution in [0.5, 0.6) is 0 Å². The molecule has 0 unspecified atom stereocenters. The molecule has 0 spiro atoms. The minimum atomic E-state index is -0.829. The maximum atomic E-state index is 11.8. The van der Waals surface area contributed by atoms with Crippen molar-refractivity contribution in [1.29, 1.82) is 0 Å². The van der Waals surface area contributed by atoms with Crippen molar-refractivity contribution in [3.63, 3.8) is 0 Å². The summed E-state index contributed by atoms with van der Waals surface area (Å²) >= 11 is 0. The second-order valence-electron chi connectivity index (χ2n) is 5.41. The van der Waals surface area contributed by atoms with Gasteiger partial charge in [0.1, 0.15) is 6.04 Å². The highest BCUT2D eigenvalue weighted by atomic mass is 16.4. The molecule has 5 nitrogen and oxygen atoms in total. The minimum absolute atomic E-state index is 0.0868. The van der Waals surface area contributed by atoms with Crippen LogP contribution in [0, 0.1) is 0 Å². The highest BCUT2D eigenvalue weighted by molar-refractivity contribution is 5.80. The van der Waals surface area contributed by atoms with Gasteiger partial charge in [-0.25, -0.2) is 0 Å². The lowest BCUT2D eigenvalue weighted by Crippen LogP contribution is -2.43. The van der Waals surface area contributed by atoms with Crippen molar-refractivity contribution in [2.75, 3.05) is 19.6 Å². The van der Waals surface area contributed by atoms with Crippen molar-refractivity contribution in [3.05, 3.63) is 35.9 Å². The maximum Gasteiger partial charge on any atom is 0.320 e. The second kappa shape index (κ2) is 7.78. The van der Waals surface area contributed by atoms with Crippen molar-refractivity contribution in [3.8, 4) is 0 Å². The number of hydrogen-bond donors (Lipinski definition) is 2. The molecule has 21 heavy (non-hydrogen) atoms. The van der Waals surface area contributed by atoms with Crippen LogP contribution in [0.15, 0.2) is 30.3 Å². The maximum absolute atomic E-state index is 11.8. The van der Waals surface area contributed by atoms with E-state index in [1.165, 1.54) is 5.56 Å². The van der Waals surface area contributed by atoms with Crippen LogP contribution >= 0.6 is 0 Å². The van der Waals surface area contributed by atoms with Crippen LogP contribution in [0.1, 0.15) is 24.8 Å². The smallest absolute Gasteiger partial charge is 0.320 e. The molecule has 2 rings (SSSR count). The third-order valence-electron chi connectivity index (χ3n) is 3.80. The number of carboxylic acid groups (broad SMARTS) is 1. The molecule has 1 fully saturated rings. The Morgan fingerprint density at radius 2 is 2.05 bits per heavy atom. The molecule has 0 radical (unpaired) electrons. The summed E-state index contributed by atoms with van der Waals surface area (Å²) in [6, 6.07) is 9.65. The lowest BCUT2D eigenvalue weighted by atomic mass is 10.1. The number of carboxylic acids is 1. The highest BCUT2D eigenvalue weighted by Crippen LogP contribution is 2.16. The number of amides is 1. The Balaban J connectivity index is 1.65. The van der Waals surface area contributed by atoms with Gasteiger partial charge in [0.2, 0.25) is 5.91 Å². The minimum Gasteiger partial charge on any atom is -0.480 e. The largest absolute Gasteiger partial charge is 0.480 e. The topological polar surface area (TPSA) is 69.6 Å². The number of likely N-dealkylation sites (tertiary alicyclic amines) is 1. The lowest BCUT2D eigenvalue weighted by Gasteiger charge is -2.20. The predicted molar refractivity (Wildman–Crippen MR) is 80.0 cm³/mol. The fraction of sp³-hybridized carbons (Fsp3) is 0.500. The van der Waals surface area contributed by atoms with Crippen molar-refractivity contribution in [2.24, 2.45) is 0 Å². The first-order valence-electron chi connectivity index (χ1n) is 7.44. The van der Waals surface area contributed by atoms with Crippen LogP contribution in [0.4, 0.5) is 0 Å². The summed E-state index contributed by atoms with van der Waals surface area (Å²) in [5.41, 5.74) is 1.26. The molecule has 1 aromatic carbocycles. The number of carbonyl (C=O) groups excluding carboxylic acids is 1. The third-order valence-corrected chi connectivity index (χ3v) is 3.80. The summed E-state index contributed by atoms with van der Waals surface area (Å²) in [6.45, 7) is 1.50. The van der Waals surface area contributed by atoms with Gasteiger partial charge in [-0.2, -0.15) is 0 Å². The molecular formula is C16H22N2O3. The molecule has 1 aliphatic rings. The molecule has 114 valence electrons. The first-order chi connectivity index (χ1) is 10.2. The normalized spacial score (nSPS) is 18.6. The number of hydrogen-bond acceptors (Lipinski definition) is 3. The monoisotopic (exact) mass is 290 g/mol. The fourth-order valence-electron chi connectivity index (χ4n) is 2.70. The van der Waals surface area contributed by atoms with Gasteiger partial charge < -0.3 is 10.4 Å². The number of nitrogens with one attached hydrogen (secondary N) is 1. The summed E-state index contributed by atoms with van der Waals surface area (Å²) in [6.07, 6.45) is 3.30. The Morgan fingerprint density at radius 1 is 1.29 bits per heavy atom. The predicted octanol–water partition coefficient (Wildman–Crippen LogP) is 1.28. The van der Waals surface area contributed by atoms with Gasteiger partial charge >= 0.3 is 5.97 Å². The van der Waals surface area contributed by atoms with Gasteiger partial charge in [0, 0.05) is 6.54 Å². The van der Waals surface area contributed by atoms with Crippen LogP contribution in [0.25, 0.3) is 0 Å². The zero-order chi connectivity index (χ0) is 15.1. The van der Waals surface area contributed by atoms with E-state index >= 15 is 0 Å². The van der Waals surface area contributed by atoms with E-state index in [9.17, 15) is 9.59 Å². The van der Waals surface area contributed by atoms with E-state index in [0.717, 1.165) is 19.3 Å². The van der Waals surface area contributed by atoms with Gasteiger partial charge in [-0.1, -0.05) is 30.3 Å². The standard InChI is InChI=1S/C16H22N2O3/c19-15(12-18-11-5-9-14(18)16(20)21)17-10-4-8-13-6-2-1-3-7-13/h1-3,6-7,14H,4-5,8-12H2,(H,17,19)(H,20,21)/t14-/m0/s1. The molecular weight excluding hydrogens is 268 g/mol. The quantitative estimate of drug-likeness (QED) is 0.742. The lowest BCUT2D eigenvalue weighted by molar-refractivity contribution is -0.142. The Labute approximate surface area is 125 Å². The van der Waals surface area contributed by atoms with Crippen LogP contribution < -0.4 is 5.32 Å². The number of nitrogens with zero attached hydrogens (tertiary/aromatic N) is 1. The van der Waals surface area contributed by atoms with Crippen LogP contribution in [0.3, 0.4) is 0 Å². The Bertz CT molecular complexity index is 476. The number of aryl methyl sites for hydroxylation is 1. The zero-order valence-electron chi connectivity index (χ0n) is 12.1. The van der Waals surface area contributed by atoms with Crippen LogP contribution in [-0.2, 0) is 16.0 Å². The Morgan fingerprint density at radius 3 is 2.76 bits per heavy atom. The first kappa shape index (κ1) is 15.5. The zero-order valence-corrected chi connectivity index (χ0v) is 12.1. The first-order valence-corrected chi connectivity index (χ1v) is 7.44. The van der Waals surface area contributed by atoms with Gasteiger partial charge in [-0.15, -0.1) is 0 Å². The van der Waals surface area contributed by atoms with Crippen LogP contribution in [-0.4, -0.2) is 47.6 Å². The average molecular weight is 290 g/mol. The van der Waals surface area contributed by atoms with Crippen molar-refractivity contribution >= 4 is 11.9 Å². The van der Waals surface area contributed by atoms with Crippen molar-refractivity contribution < 1.29 is 14.7 Å². The van der Waals surface area contributed by atoms with Gasteiger partial charge in [0.05, 0.1) is 6.54 Å². The molecule has 2 N–H and O–H groups in total.